The number of amides is 1. The molecule has 1 amide bonds. The summed E-state index contributed by atoms with van der Waals surface area (Å²) in [5.74, 6) is -1.01. The van der Waals surface area contributed by atoms with E-state index in [9.17, 15) is 14.9 Å². The summed E-state index contributed by atoms with van der Waals surface area (Å²) in [6.07, 6.45) is 1.53. The number of hydrogen-bond donors (Lipinski definition) is 1. The molecule has 0 aromatic carbocycles. The van der Waals surface area contributed by atoms with Gasteiger partial charge in [0.05, 0.1) is 12.7 Å². The molecule has 0 aliphatic heterocycles. The Balaban J connectivity index is 2.16. The molecule has 2 aromatic heterocycles. The molecule has 8 nitrogen and oxygen atoms in total. The van der Waals surface area contributed by atoms with Crippen molar-refractivity contribution in [1.29, 1.82) is 0 Å². The number of aromatic nitrogens is 1. The van der Waals surface area contributed by atoms with Crippen molar-refractivity contribution in [2.45, 2.75) is 6.92 Å². The molecule has 0 aliphatic carbocycles. The molecular formula is C12H11N3O5. The van der Waals surface area contributed by atoms with Gasteiger partial charge in [0.2, 0.25) is 5.88 Å². The average molecular weight is 277 g/mol. The summed E-state index contributed by atoms with van der Waals surface area (Å²) < 4.78 is 10.1. The van der Waals surface area contributed by atoms with Gasteiger partial charge in [0.15, 0.2) is 5.76 Å². The number of rotatable bonds is 5. The van der Waals surface area contributed by atoms with Gasteiger partial charge in [0, 0.05) is 6.20 Å². The predicted molar refractivity (Wildman–Crippen MR) is 68.7 cm³/mol. The molecule has 0 radical (unpaired) electrons. The fourth-order valence-corrected chi connectivity index (χ4v) is 1.47. The molecule has 104 valence electrons. The molecular weight excluding hydrogens is 266 g/mol. The molecule has 2 rings (SSSR count). The minimum Gasteiger partial charge on any atom is -0.476 e. The molecule has 0 unspecified atom stereocenters. The van der Waals surface area contributed by atoms with E-state index in [1.165, 1.54) is 12.3 Å². The van der Waals surface area contributed by atoms with Crippen LogP contribution in [-0.2, 0) is 0 Å². The number of nitro groups is 1. The summed E-state index contributed by atoms with van der Waals surface area (Å²) in [6, 6.07) is 5.57. The third kappa shape index (κ3) is 2.91. The van der Waals surface area contributed by atoms with Crippen LogP contribution in [0.3, 0.4) is 0 Å². The molecule has 0 saturated heterocycles. The molecule has 2 heterocycles. The Kier molecular flexibility index (Phi) is 3.94. The summed E-state index contributed by atoms with van der Waals surface area (Å²) in [4.78, 5) is 25.6. The van der Waals surface area contributed by atoms with E-state index < -0.39 is 16.7 Å². The van der Waals surface area contributed by atoms with E-state index in [4.69, 9.17) is 9.15 Å². The maximum absolute atomic E-state index is 11.9. The number of furan rings is 1. The van der Waals surface area contributed by atoms with Gasteiger partial charge < -0.3 is 14.5 Å². The Morgan fingerprint density at radius 3 is 2.95 bits per heavy atom. The highest BCUT2D eigenvalue weighted by molar-refractivity contribution is 6.03. The van der Waals surface area contributed by atoms with Crippen molar-refractivity contribution in [3.63, 3.8) is 0 Å². The molecule has 0 spiro atoms. The number of nitrogens with one attached hydrogen (secondary N) is 1. The summed E-state index contributed by atoms with van der Waals surface area (Å²) >= 11 is 0. The predicted octanol–water partition coefficient (Wildman–Crippen LogP) is 2.23. The molecule has 0 atom stereocenters. The lowest BCUT2D eigenvalue weighted by molar-refractivity contribution is -0.402. The highest BCUT2D eigenvalue weighted by Gasteiger charge is 2.18. The Morgan fingerprint density at radius 1 is 1.50 bits per heavy atom. The first-order valence-corrected chi connectivity index (χ1v) is 5.75. The molecule has 0 bridgehead atoms. The third-order valence-corrected chi connectivity index (χ3v) is 2.30. The fraction of sp³-hybridized carbons (Fsp3) is 0.167. The molecule has 0 fully saturated rings. The Labute approximate surface area is 113 Å². The summed E-state index contributed by atoms with van der Waals surface area (Å²) in [5, 5.41) is 13.0. The van der Waals surface area contributed by atoms with E-state index in [0.29, 0.717) is 12.3 Å². The van der Waals surface area contributed by atoms with Crippen LogP contribution in [-0.4, -0.2) is 22.4 Å². The SMILES string of the molecule is CCOc1ncccc1NC(=O)c1ccc([N+](=O)[O-])o1. The van der Waals surface area contributed by atoms with Crippen molar-refractivity contribution in [2.24, 2.45) is 0 Å². The average Bonchev–Trinajstić information content (AvgIpc) is 2.91. The minimum atomic E-state index is -0.716. The maximum Gasteiger partial charge on any atom is 0.433 e. The van der Waals surface area contributed by atoms with E-state index in [2.05, 4.69) is 10.3 Å². The van der Waals surface area contributed by atoms with E-state index in [1.807, 2.05) is 0 Å². The molecule has 20 heavy (non-hydrogen) atoms. The van der Waals surface area contributed by atoms with Crippen LogP contribution in [0.15, 0.2) is 34.9 Å². The molecule has 8 heteroatoms. The van der Waals surface area contributed by atoms with Crippen LogP contribution < -0.4 is 10.1 Å². The molecule has 2 aromatic rings. The largest absolute Gasteiger partial charge is 0.476 e. The maximum atomic E-state index is 11.9. The quantitative estimate of drug-likeness (QED) is 0.663. The number of nitrogens with zero attached hydrogens (tertiary/aromatic N) is 2. The second-order valence-electron chi connectivity index (χ2n) is 3.64. The molecule has 1 N–H and O–H groups in total. The lowest BCUT2D eigenvalue weighted by Gasteiger charge is -2.08. The Bertz CT molecular complexity index is 638. The molecule has 0 saturated carbocycles. The number of carbonyl (C=O) groups is 1. The van der Waals surface area contributed by atoms with Crippen LogP contribution >= 0.6 is 0 Å². The van der Waals surface area contributed by atoms with Gasteiger partial charge >= 0.3 is 5.88 Å². The Morgan fingerprint density at radius 2 is 2.30 bits per heavy atom. The van der Waals surface area contributed by atoms with Crippen molar-refractivity contribution >= 4 is 17.5 Å². The number of anilines is 1. The van der Waals surface area contributed by atoms with Crippen LogP contribution in [0.5, 0.6) is 5.88 Å². The summed E-state index contributed by atoms with van der Waals surface area (Å²) in [7, 11) is 0. The normalized spacial score (nSPS) is 10.1. The number of ether oxygens (including phenoxy) is 1. The monoisotopic (exact) mass is 277 g/mol. The van der Waals surface area contributed by atoms with Crippen molar-refractivity contribution in [3.8, 4) is 5.88 Å². The van der Waals surface area contributed by atoms with Crippen LogP contribution in [0.25, 0.3) is 0 Å². The van der Waals surface area contributed by atoms with Crippen LogP contribution in [0.2, 0.25) is 0 Å². The highest BCUT2D eigenvalue weighted by Crippen LogP contribution is 2.22. The van der Waals surface area contributed by atoms with E-state index in [-0.39, 0.29) is 11.6 Å². The second-order valence-corrected chi connectivity index (χ2v) is 3.64. The first-order chi connectivity index (χ1) is 9.61. The lowest BCUT2D eigenvalue weighted by Crippen LogP contribution is -2.12. The van der Waals surface area contributed by atoms with Crippen LogP contribution in [0.1, 0.15) is 17.5 Å². The number of carbonyl (C=O) groups excluding carboxylic acids is 1. The van der Waals surface area contributed by atoms with E-state index in [1.54, 1.807) is 19.1 Å². The second kappa shape index (κ2) is 5.83. The van der Waals surface area contributed by atoms with Gasteiger partial charge in [-0.2, -0.15) is 0 Å². The summed E-state index contributed by atoms with van der Waals surface area (Å²) in [6.45, 7) is 2.18. The first kappa shape index (κ1) is 13.5. The van der Waals surface area contributed by atoms with Gasteiger partial charge in [-0.25, -0.2) is 4.98 Å². The highest BCUT2D eigenvalue weighted by atomic mass is 16.6. The standard InChI is InChI=1S/C12H11N3O5/c1-2-19-12-8(4-3-7-13-12)14-11(16)9-5-6-10(20-9)15(17)18/h3-7H,2H2,1H3,(H,14,16). The first-order valence-electron chi connectivity index (χ1n) is 5.75. The van der Waals surface area contributed by atoms with Gasteiger partial charge in [-0.05, 0) is 25.1 Å². The van der Waals surface area contributed by atoms with Crippen molar-refractivity contribution in [3.05, 3.63) is 46.3 Å². The van der Waals surface area contributed by atoms with Crippen LogP contribution in [0, 0.1) is 10.1 Å². The molecule has 0 aliphatic rings. The van der Waals surface area contributed by atoms with Gasteiger partial charge in [-0.15, -0.1) is 0 Å². The lowest BCUT2D eigenvalue weighted by atomic mass is 10.3. The van der Waals surface area contributed by atoms with Gasteiger partial charge in [-0.1, -0.05) is 0 Å². The summed E-state index contributed by atoms with van der Waals surface area (Å²) in [5.41, 5.74) is 0.360. The number of hydrogen-bond acceptors (Lipinski definition) is 6. The van der Waals surface area contributed by atoms with Crippen molar-refractivity contribution in [2.75, 3.05) is 11.9 Å². The van der Waals surface area contributed by atoms with Crippen molar-refractivity contribution < 1.29 is 18.9 Å². The van der Waals surface area contributed by atoms with Crippen LogP contribution in [0.4, 0.5) is 11.6 Å². The smallest absolute Gasteiger partial charge is 0.433 e. The van der Waals surface area contributed by atoms with Gasteiger partial charge in [0.1, 0.15) is 10.6 Å². The zero-order valence-electron chi connectivity index (χ0n) is 10.5. The number of pyridine rings is 1. The van der Waals surface area contributed by atoms with E-state index in [0.717, 1.165) is 6.07 Å². The zero-order chi connectivity index (χ0) is 14.5. The van der Waals surface area contributed by atoms with E-state index >= 15 is 0 Å². The fourth-order valence-electron chi connectivity index (χ4n) is 1.47. The van der Waals surface area contributed by atoms with Gasteiger partial charge in [-0.3, -0.25) is 14.9 Å². The minimum absolute atomic E-state index is 0.164. The zero-order valence-corrected chi connectivity index (χ0v) is 10.5. The topological polar surface area (TPSA) is 108 Å². The third-order valence-electron chi connectivity index (χ3n) is 2.30. The van der Waals surface area contributed by atoms with Crippen molar-refractivity contribution in [1.82, 2.24) is 4.98 Å². The Hall–Kier alpha value is -2.90. The van der Waals surface area contributed by atoms with Gasteiger partial charge in [0.25, 0.3) is 5.91 Å².